The molecule has 6 nitrogen and oxygen atoms in total. The summed E-state index contributed by atoms with van der Waals surface area (Å²) in [5, 5.41) is 2.27. The molecule has 1 saturated heterocycles. The van der Waals surface area contributed by atoms with Gasteiger partial charge in [0.05, 0.1) is 21.9 Å². The summed E-state index contributed by atoms with van der Waals surface area (Å²) in [7, 11) is 0. The predicted octanol–water partition coefficient (Wildman–Crippen LogP) is 6.89. The molecule has 0 N–H and O–H groups in total. The van der Waals surface area contributed by atoms with Gasteiger partial charge in [-0.3, -0.25) is 19.2 Å². The smallest absolute Gasteiger partial charge is 0.273 e. The van der Waals surface area contributed by atoms with Crippen molar-refractivity contribution >= 4 is 62.6 Å². The van der Waals surface area contributed by atoms with Crippen LogP contribution in [0.4, 0.5) is 0 Å². The van der Waals surface area contributed by atoms with Crippen molar-refractivity contribution in [3.63, 3.8) is 0 Å². The Morgan fingerprint density at radius 3 is 1.64 bits per heavy atom. The standard InChI is InChI=1S/C33H21BrCl2N2O4/c34-19-12-9-17(10-13-19)26(39)16-37(31(40)18-11-14-24(35)25(36)15-18)38-32(41)29-27-20-5-1-2-6-21(20)28(30(29)33(38)42)23-8-4-3-7-22(23)27/h1-15,27-30H,16H2/t27?,28?,29-,30-/m1/s1. The fourth-order valence-corrected chi connectivity index (χ4v) is 7.34. The van der Waals surface area contributed by atoms with E-state index in [4.69, 9.17) is 23.2 Å². The number of carbonyl (C=O) groups excluding carboxylic acids is 4. The van der Waals surface area contributed by atoms with Gasteiger partial charge in [-0.1, -0.05) is 99.8 Å². The molecule has 9 heteroatoms. The fourth-order valence-electron chi connectivity index (χ4n) is 6.77. The third kappa shape index (κ3) is 4.06. The first-order valence-electron chi connectivity index (χ1n) is 13.4. The largest absolute Gasteiger partial charge is 0.292 e. The molecule has 2 atom stereocenters. The van der Waals surface area contributed by atoms with Gasteiger partial charge in [0, 0.05) is 27.4 Å². The molecule has 0 radical (unpaired) electrons. The zero-order valence-corrected chi connectivity index (χ0v) is 24.9. The van der Waals surface area contributed by atoms with Crippen LogP contribution in [0.25, 0.3) is 0 Å². The summed E-state index contributed by atoms with van der Waals surface area (Å²) < 4.78 is 0.784. The Bertz CT molecular complexity index is 1710. The van der Waals surface area contributed by atoms with Crippen LogP contribution in [0, 0.1) is 11.8 Å². The van der Waals surface area contributed by atoms with Crippen molar-refractivity contribution in [1.29, 1.82) is 0 Å². The minimum absolute atomic E-state index is 0.0954. The van der Waals surface area contributed by atoms with Crippen molar-refractivity contribution in [3.05, 3.63) is 139 Å². The van der Waals surface area contributed by atoms with E-state index in [1.54, 1.807) is 24.3 Å². The van der Waals surface area contributed by atoms with Crippen molar-refractivity contribution < 1.29 is 19.2 Å². The van der Waals surface area contributed by atoms with Crippen molar-refractivity contribution in [2.75, 3.05) is 6.54 Å². The number of ketones is 1. The zero-order chi connectivity index (χ0) is 29.3. The highest BCUT2D eigenvalue weighted by molar-refractivity contribution is 9.10. The second-order valence-electron chi connectivity index (χ2n) is 10.7. The number of benzene rings is 4. The van der Waals surface area contributed by atoms with Crippen LogP contribution in [-0.2, 0) is 9.59 Å². The van der Waals surface area contributed by atoms with Gasteiger partial charge in [0.15, 0.2) is 5.78 Å². The summed E-state index contributed by atoms with van der Waals surface area (Å²) in [6.45, 7) is -0.521. The Morgan fingerprint density at radius 1 is 0.690 bits per heavy atom. The number of carbonyl (C=O) groups is 4. The average molecular weight is 660 g/mol. The molecular formula is C33H21BrCl2N2O4. The van der Waals surface area contributed by atoms with Crippen LogP contribution in [0.1, 0.15) is 54.8 Å². The molecule has 3 amide bonds. The molecule has 1 fully saturated rings. The SMILES string of the molecule is O=C(CN(C(=O)c1ccc(Cl)c(Cl)c1)N1C(=O)[C@@H]2C3c4ccccc4C(c4ccccc43)[C@H]2C1=O)c1ccc(Br)cc1. The molecule has 3 aliphatic carbocycles. The van der Waals surface area contributed by atoms with Gasteiger partial charge in [0.25, 0.3) is 17.7 Å². The molecule has 0 aromatic heterocycles. The highest BCUT2D eigenvalue weighted by atomic mass is 79.9. The minimum Gasteiger partial charge on any atom is -0.292 e. The Morgan fingerprint density at radius 2 is 1.17 bits per heavy atom. The second kappa shape index (κ2) is 10.2. The molecule has 8 rings (SSSR count). The Hall–Kier alpha value is -3.78. The van der Waals surface area contributed by atoms with Gasteiger partial charge >= 0.3 is 0 Å². The molecule has 208 valence electrons. The third-order valence-corrected chi connectivity index (χ3v) is 9.79. The van der Waals surface area contributed by atoms with Crippen molar-refractivity contribution in [1.82, 2.24) is 10.0 Å². The minimum atomic E-state index is -0.709. The molecule has 4 aromatic rings. The third-order valence-electron chi connectivity index (χ3n) is 8.53. The Kier molecular flexibility index (Phi) is 6.57. The molecule has 4 aromatic carbocycles. The van der Waals surface area contributed by atoms with Crippen LogP contribution < -0.4 is 0 Å². The highest BCUT2D eigenvalue weighted by Gasteiger charge is 2.63. The summed E-state index contributed by atoms with van der Waals surface area (Å²) >= 11 is 15.7. The van der Waals surface area contributed by atoms with Crippen LogP contribution in [0.2, 0.25) is 10.0 Å². The zero-order valence-electron chi connectivity index (χ0n) is 21.8. The van der Waals surface area contributed by atoms with Gasteiger partial charge < -0.3 is 0 Å². The predicted molar refractivity (Wildman–Crippen MR) is 161 cm³/mol. The Labute approximate surface area is 259 Å². The van der Waals surface area contributed by atoms with Crippen molar-refractivity contribution in [3.8, 4) is 0 Å². The van der Waals surface area contributed by atoms with E-state index in [2.05, 4.69) is 15.9 Å². The molecule has 0 unspecified atom stereocenters. The fraction of sp³-hybridized carbons (Fsp3) is 0.152. The quantitative estimate of drug-likeness (QED) is 0.173. The monoisotopic (exact) mass is 658 g/mol. The number of rotatable bonds is 5. The normalized spacial score (nSPS) is 21.5. The maximum absolute atomic E-state index is 14.4. The number of Topliss-reactive ketones (excluding diaryl/α,β-unsaturated/α-hetero) is 1. The molecule has 1 heterocycles. The van der Waals surface area contributed by atoms with E-state index >= 15 is 0 Å². The number of hydrogen-bond donors (Lipinski definition) is 0. The first kappa shape index (κ1) is 27.1. The number of hydrogen-bond acceptors (Lipinski definition) is 4. The molecule has 0 spiro atoms. The maximum Gasteiger partial charge on any atom is 0.273 e. The average Bonchev–Trinajstić information content (AvgIpc) is 3.27. The summed E-state index contributed by atoms with van der Waals surface area (Å²) in [5.74, 6) is -4.25. The molecular weight excluding hydrogens is 639 g/mol. The van der Waals surface area contributed by atoms with Gasteiger partial charge in [-0.2, -0.15) is 5.01 Å². The number of imide groups is 1. The van der Waals surface area contributed by atoms with Gasteiger partial charge in [-0.15, -0.1) is 0 Å². The first-order chi connectivity index (χ1) is 20.3. The Balaban J connectivity index is 1.33. The molecule has 2 bridgehead atoms. The van der Waals surface area contributed by atoms with E-state index in [9.17, 15) is 19.2 Å². The second-order valence-corrected chi connectivity index (χ2v) is 12.4. The van der Waals surface area contributed by atoms with Gasteiger partial charge in [0.2, 0.25) is 0 Å². The van der Waals surface area contributed by atoms with Gasteiger partial charge in [-0.25, -0.2) is 5.01 Å². The lowest BCUT2D eigenvalue weighted by Crippen LogP contribution is -2.52. The number of hydrazine groups is 1. The summed E-state index contributed by atoms with van der Waals surface area (Å²) in [4.78, 5) is 56.3. The van der Waals surface area contributed by atoms with Crippen LogP contribution in [-0.4, -0.2) is 40.1 Å². The summed E-state index contributed by atoms with van der Waals surface area (Å²) in [6, 6.07) is 26.8. The van der Waals surface area contributed by atoms with E-state index in [0.29, 0.717) is 5.56 Å². The molecule has 1 aliphatic heterocycles. The summed E-state index contributed by atoms with van der Waals surface area (Å²) in [5.41, 5.74) is 4.48. The summed E-state index contributed by atoms with van der Waals surface area (Å²) in [6.07, 6.45) is 0. The molecule has 0 saturated carbocycles. The lowest BCUT2D eigenvalue weighted by Gasteiger charge is -2.45. The number of nitrogens with zero attached hydrogens (tertiary/aromatic N) is 2. The lowest BCUT2D eigenvalue weighted by molar-refractivity contribution is -0.154. The topological polar surface area (TPSA) is 74.8 Å². The maximum atomic E-state index is 14.4. The van der Waals surface area contributed by atoms with E-state index in [1.165, 1.54) is 18.2 Å². The number of halogens is 3. The number of amides is 3. The van der Waals surface area contributed by atoms with E-state index in [-0.39, 0.29) is 27.4 Å². The molecule has 4 aliphatic rings. The van der Waals surface area contributed by atoms with E-state index in [1.807, 2.05) is 48.5 Å². The van der Waals surface area contributed by atoms with Crippen molar-refractivity contribution in [2.24, 2.45) is 11.8 Å². The van der Waals surface area contributed by atoms with Gasteiger partial charge in [0.1, 0.15) is 6.54 Å². The van der Waals surface area contributed by atoms with Crippen molar-refractivity contribution in [2.45, 2.75) is 11.8 Å². The van der Waals surface area contributed by atoms with Crippen LogP contribution >= 0.6 is 39.1 Å². The molecule has 42 heavy (non-hydrogen) atoms. The van der Waals surface area contributed by atoms with Crippen LogP contribution in [0.5, 0.6) is 0 Å². The van der Waals surface area contributed by atoms with Crippen LogP contribution in [0.15, 0.2) is 95.5 Å². The lowest BCUT2D eigenvalue weighted by atomic mass is 9.55. The van der Waals surface area contributed by atoms with Crippen LogP contribution in [0.3, 0.4) is 0 Å². The van der Waals surface area contributed by atoms with Gasteiger partial charge in [-0.05, 0) is 52.6 Å². The van der Waals surface area contributed by atoms with E-state index in [0.717, 1.165) is 36.7 Å². The first-order valence-corrected chi connectivity index (χ1v) is 14.9. The van der Waals surface area contributed by atoms with E-state index < -0.39 is 41.9 Å². The highest BCUT2D eigenvalue weighted by Crippen LogP contribution is 2.61.